The molecule has 1 heterocycles. The molecule has 0 aliphatic carbocycles. The van der Waals surface area contributed by atoms with Crippen molar-refractivity contribution in [1.82, 2.24) is 0 Å². The fourth-order valence-electron chi connectivity index (χ4n) is 1.54. The summed E-state index contributed by atoms with van der Waals surface area (Å²) in [5.74, 6) is -0.333. The molecule has 1 aliphatic rings. The molecule has 0 saturated carbocycles. The monoisotopic (exact) mass is 210 g/mol. The zero-order valence-electron chi connectivity index (χ0n) is 7.16. The molecule has 14 heavy (non-hydrogen) atoms. The van der Waals surface area contributed by atoms with Gasteiger partial charge in [0, 0.05) is 10.6 Å². The van der Waals surface area contributed by atoms with E-state index in [1.807, 2.05) is 0 Å². The van der Waals surface area contributed by atoms with Gasteiger partial charge in [0.15, 0.2) is 0 Å². The maximum absolute atomic E-state index is 11.4. The second kappa shape index (κ2) is 2.99. The summed E-state index contributed by atoms with van der Waals surface area (Å²) >= 11 is 5.87. The minimum atomic E-state index is -0.768. The van der Waals surface area contributed by atoms with Crippen LogP contribution < -0.4 is 10.6 Å². The van der Waals surface area contributed by atoms with Gasteiger partial charge in [0.05, 0.1) is 12.1 Å². The molecule has 5 heteroatoms. The van der Waals surface area contributed by atoms with Crippen molar-refractivity contribution in [2.45, 2.75) is 6.42 Å². The largest absolute Gasteiger partial charge is 0.351 e. The van der Waals surface area contributed by atoms with Gasteiger partial charge < -0.3 is 5.73 Å². The number of carbonyl (C=O) groups excluding carboxylic acids is 2. The molecule has 0 spiro atoms. The number of fused-ring (bicyclic) bond motifs is 1. The molecule has 1 aromatic rings. The van der Waals surface area contributed by atoms with E-state index >= 15 is 0 Å². The Labute approximate surface area is 85.2 Å². The molecule has 4 nitrogen and oxygen atoms in total. The summed E-state index contributed by atoms with van der Waals surface area (Å²) in [6.07, 6.45) is 0.137. The van der Waals surface area contributed by atoms with E-state index in [0.29, 0.717) is 16.3 Å². The molecule has 0 radical (unpaired) electrons. The van der Waals surface area contributed by atoms with E-state index in [9.17, 15) is 9.59 Å². The Kier molecular flexibility index (Phi) is 1.93. The van der Waals surface area contributed by atoms with Gasteiger partial charge in [-0.05, 0) is 12.1 Å². The number of amides is 3. The lowest BCUT2D eigenvalue weighted by Gasteiger charge is -2.11. The van der Waals surface area contributed by atoms with E-state index in [1.165, 1.54) is 0 Å². The molecule has 3 amide bonds. The number of benzene rings is 1. The Morgan fingerprint density at radius 3 is 2.86 bits per heavy atom. The van der Waals surface area contributed by atoms with Gasteiger partial charge in [0.25, 0.3) is 0 Å². The Morgan fingerprint density at radius 2 is 2.21 bits per heavy atom. The number of hydrogen-bond donors (Lipinski definition) is 1. The number of primary amides is 1. The first kappa shape index (κ1) is 9.02. The zero-order valence-corrected chi connectivity index (χ0v) is 7.91. The van der Waals surface area contributed by atoms with Gasteiger partial charge in [0.1, 0.15) is 0 Å². The smallest absolute Gasteiger partial charge is 0.326 e. The maximum Gasteiger partial charge on any atom is 0.326 e. The van der Waals surface area contributed by atoms with E-state index in [-0.39, 0.29) is 12.3 Å². The highest BCUT2D eigenvalue weighted by atomic mass is 35.5. The average molecular weight is 211 g/mol. The van der Waals surface area contributed by atoms with Crippen molar-refractivity contribution in [2.24, 2.45) is 5.73 Å². The quantitative estimate of drug-likeness (QED) is 0.702. The Morgan fingerprint density at radius 1 is 1.50 bits per heavy atom. The highest BCUT2D eigenvalue weighted by Crippen LogP contribution is 2.33. The summed E-state index contributed by atoms with van der Waals surface area (Å²) in [7, 11) is 0. The molecule has 1 aromatic carbocycles. The van der Waals surface area contributed by atoms with Crippen LogP contribution in [0.5, 0.6) is 0 Å². The summed E-state index contributed by atoms with van der Waals surface area (Å²) in [5, 5.41) is 0.486. The number of hydrogen-bond acceptors (Lipinski definition) is 2. The molecule has 2 rings (SSSR count). The Balaban J connectivity index is 2.58. The number of urea groups is 1. The molecular formula is C9H7ClN2O2. The number of halogens is 1. The summed E-state index contributed by atoms with van der Waals surface area (Å²) in [6, 6.07) is 4.24. The molecule has 0 unspecified atom stereocenters. The summed E-state index contributed by atoms with van der Waals surface area (Å²) in [6.45, 7) is 0. The lowest BCUT2D eigenvalue weighted by Crippen LogP contribution is -2.38. The molecule has 1 aliphatic heterocycles. The number of nitrogens with zero attached hydrogens (tertiary/aromatic N) is 1. The summed E-state index contributed by atoms with van der Waals surface area (Å²) < 4.78 is 0. The maximum atomic E-state index is 11.4. The predicted molar refractivity (Wildman–Crippen MR) is 52.2 cm³/mol. The summed E-state index contributed by atoms with van der Waals surface area (Å²) in [5.41, 5.74) is 6.24. The number of nitrogens with two attached hydrogens (primary N) is 1. The molecule has 2 N–H and O–H groups in total. The lowest BCUT2D eigenvalue weighted by atomic mass is 10.2. The van der Waals surface area contributed by atoms with Crippen LogP contribution in [-0.4, -0.2) is 11.9 Å². The molecular weight excluding hydrogens is 204 g/mol. The highest BCUT2D eigenvalue weighted by Gasteiger charge is 2.32. The zero-order chi connectivity index (χ0) is 10.3. The van der Waals surface area contributed by atoms with Crippen LogP contribution in [0.1, 0.15) is 5.56 Å². The second-order valence-corrected chi connectivity index (χ2v) is 3.39. The van der Waals surface area contributed by atoms with Crippen LogP contribution >= 0.6 is 11.6 Å². The molecule has 72 valence electrons. The van der Waals surface area contributed by atoms with E-state index in [1.54, 1.807) is 18.2 Å². The highest BCUT2D eigenvalue weighted by molar-refractivity contribution is 6.33. The van der Waals surface area contributed by atoms with Gasteiger partial charge in [-0.3, -0.25) is 4.79 Å². The van der Waals surface area contributed by atoms with Crippen molar-refractivity contribution in [3.63, 3.8) is 0 Å². The number of imide groups is 1. The van der Waals surface area contributed by atoms with Crippen LogP contribution in [0.4, 0.5) is 10.5 Å². The van der Waals surface area contributed by atoms with Crippen LogP contribution in [0.15, 0.2) is 18.2 Å². The number of carbonyl (C=O) groups is 2. The van der Waals surface area contributed by atoms with Crippen molar-refractivity contribution in [1.29, 1.82) is 0 Å². The van der Waals surface area contributed by atoms with Crippen molar-refractivity contribution >= 4 is 29.2 Å². The molecule has 0 atom stereocenters. The minimum Gasteiger partial charge on any atom is -0.351 e. The predicted octanol–water partition coefficient (Wildman–Crippen LogP) is 1.31. The van der Waals surface area contributed by atoms with Crippen molar-refractivity contribution in [2.75, 3.05) is 4.90 Å². The number of anilines is 1. The van der Waals surface area contributed by atoms with Gasteiger partial charge in [-0.15, -0.1) is 0 Å². The lowest BCUT2D eigenvalue weighted by molar-refractivity contribution is -0.116. The molecule has 0 bridgehead atoms. The van der Waals surface area contributed by atoms with E-state index in [0.717, 1.165) is 4.90 Å². The fraction of sp³-hybridized carbons (Fsp3) is 0.111. The van der Waals surface area contributed by atoms with Gasteiger partial charge in [0.2, 0.25) is 5.91 Å². The molecule has 0 aromatic heterocycles. The summed E-state index contributed by atoms with van der Waals surface area (Å²) in [4.78, 5) is 23.3. The molecule has 0 fully saturated rings. The topological polar surface area (TPSA) is 63.4 Å². The van der Waals surface area contributed by atoms with Gasteiger partial charge in [-0.25, -0.2) is 9.69 Å². The normalized spacial score (nSPS) is 14.4. The van der Waals surface area contributed by atoms with Crippen molar-refractivity contribution in [3.05, 3.63) is 28.8 Å². The van der Waals surface area contributed by atoms with E-state index < -0.39 is 6.03 Å². The van der Waals surface area contributed by atoms with E-state index in [2.05, 4.69) is 0 Å². The minimum absolute atomic E-state index is 0.137. The van der Waals surface area contributed by atoms with Crippen LogP contribution in [0, 0.1) is 0 Å². The van der Waals surface area contributed by atoms with Crippen LogP contribution in [0.3, 0.4) is 0 Å². The number of rotatable bonds is 0. The Bertz CT molecular complexity index is 431. The first-order valence-electron chi connectivity index (χ1n) is 4.01. The second-order valence-electron chi connectivity index (χ2n) is 2.98. The van der Waals surface area contributed by atoms with Crippen LogP contribution in [0.25, 0.3) is 0 Å². The standard InChI is InChI=1S/C9H7ClN2O2/c10-6-2-1-3-7-5(6)4-8(13)12(7)9(11)14/h1-3H,4H2,(H2,11,14). The van der Waals surface area contributed by atoms with Crippen LogP contribution in [-0.2, 0) is 11.2 Å². The Hall–Kier alpha value is -1.55. The van der Waals surface area contributed by atoms with Gasteiger partial charge >= 0.3 is 6.03 Å². The van der Waals surface area contributed by atoms with Crippen molar-refractivity contribution < 1.29 is 9.59 Å². The third-order valence-electron chi connectivity index (χ3n) is 2.13. The van der Waals surface area contributed by atoms with E-state index in [4.69, 9.17) is 17.3 Å². The first-order chi connectivity index (χ1) is 6.61. The fourth-order valence-corrected chi connectivity index (χ4v) is 1.77. The average Bonchev–Trinajstić information content (AvgIpc) is 2.42. The SMILES string of the molecule is NC(=O)N1C(=O)Cc2c(Cl)cccc21. The van der Waals surface area contributed by atoms with Crippen LogP contribution in [0.2, 0.25) is 5.02 Å². The third-order valence-corrected chi connectivity index (χ3v) is 2.49. The third kappa shape index (κ3) is 1.15. The van der Waals surface area contributed by atoms with Gasteiger partial charge in [-0.2, -0.15) is 0 Å². The van der Waals surface area contributed by atoms with Crippen molar-refractivity contribution in [3.8, 4) is 0 Å². The van der Waals surface area contributed by atoms with Gasteiger partial charge in [-0.1, -0.05) is 17.7 Å². The molecule has 0 saturated heterocycles. The first-order valence-corrected chi connectivity index (χ1v) is 4.39.